The first-order chi connectivity index (χ1) is 9.19. The summed E-state index contributed by atoms with van der Waals surface area (Å²) < 4.78 is 0. The minimum absolute atomic E-state index is 0.0360. The lowest BCUT2D eigenvalue weighted by Gasteiger charge is -2.54. The van der Waals surface area contributed by atoms with E-state index in [9.17, 15) is 4.79 Å². The largest absolute Gasteiger partial charge is 0.349 e. The van der Waals surface area contributed by atoms with Crippen LogP contribution < -0.4 is 11.1 Å². The van der Waals surface area contributed by atoms with E-state index in [0.29, 0.717) is 30.2 Å². The molecule has 3 heteroatoms. The van der Waals surface area contributed by atoms with Crippen LogP contribution in [0.4, 0.5) is 0 Å². The quantitative estimate of drug-likeness (QED) is 0.818. The Morgan fingerprint density at radius 2 is 1.63 bits per heavy atom. The van der Waals surface area contributed by atoms with E-state index < -0.39 is 0 Å². The Balaban J connectivity index is 1.48. The van der Waals surface area contributed by atoms with Crippen molar-refractivity contribution < 1.29 is 4.79 Å². The lowest BCUT2D eigenvalue weighted by atomic mass is 9.51. The van der Waals surface area contributed by atoms with E-state index in [1.807, 2.05) is 0 Å². The molecule has 0 aliphatic heterocycles. The first-order valence-corrected chi connectivity index (χ1v) is 8.21. The van der Waals surface area contributed by atoms with E-state index in [2.05, 4.69) is 5.32 Å². The highest BCUT2D eigenvalue weighted by Gasteiger charge is 2.51. The normalized spacial score (nSPS) is 45.8. The third-order valence-electron chi connectivity index (χ3n) is 6.62. The molecule has 5 aliphatic rings. The van der Waals surface area contributed by atoms with Gasteiger partial charge < -0.3 is 11.1 Å². The molecule has 0 aromatic carbocycles. The van der Waals surface area contributed by atoms with Gasteiger partial charge in [-0.05, 0) is 75.0 Å². The lowest BCUT2D eigenvalue weighted by Crippen LogP contribution is -2.61. The van der Waals surface area contributed by atoms with Crippen LogP contribution in [0.25, 0.3) is 0 Å². The van der Waals surface area contributed by atoms with Crippen LogP contribution in [0.5, 0.6) is 0 Å². The van der Waals surface area contributed by atoms with Crippen molar-refractivity contribution in [3.05, 3.63) is 0 Å². The summed E-state index contributed by atoms with van der Waals surface area (Å²) in [5.41, 5.74) is 5.84. The average molecular weight is 262 g/mol. The summed E-state index contributed by atoms with van der Waals surface area (Å²) in [7, 11) is 0. The Morgan fingerprint density at radius 3 is 2.05 bits per heavy atom. The number of carbonyl (C=O) groups excluding carboxylic acids is 1. The van der Waals surface area contributed by atoms with E-state index in [-0.39, 0.29) is 5.54 Å². The summed E-state index contributed by atoms with van der Waals surface area (Å²) in [6.45, 7) is 0.617. The van der Waals surface area contributed by atoms with E-state index in [0.717, 1.165) is 24.7 Å². The molecule has 5 aliphatic carbocycles. The predicted octanol–water partition coefficient (Wildman–Crippen LogP) is 2.06. The first kappa shape index (κ1) is 12.2. The van der Waals surface area contributed by atoms with Crippen LogP contribution in [-0.4, -0.2) is 18.0 Å². The van der Waals surface area contributed by atoms with Crippen LogP contribution in [0.2, 0.25) is 0 Å². The lowest BCUT2D eigenvalue weighted by molar-refractivity contribution is -0.141. The van der Waals surface area contributed by atoms with Crippen LogP contribution in [-0.2, 0) is 4.79 Å². The maximum Gasteiger partial charge on any atom is 0.224 e. The van der Waals surface area contributed by atoms with Crippen molar-refractivity contribution in [2.45, 2.75) is 56.9 Å². The van der Waals surface area contributed by atoms with Gasteiger partial charge in [0.05, 0.1) is 5.54 Å². The average Bonchev–Trinajstić information content (AvgIpc) is 2.32. The molecule has 3 N–H and O–H groups in total. The Kier molecular flexibility index (Phi) is 2.70. The van der Waals surface area contributed by atoms with Gasteiger partial charge in [0.15, 0.2) is 0 Å². The number of carbonyl (C=O) groups is 1. The molecule has 5 saturated carbocycles. The molecule has 0 spiro atoms. The van der Waals surface area contributed by atoms with Crippen LogP contribution >= 0.6 is 0 Å². The minimum Gasteiger partial charge on any atom is -0.349 e. The fourth-order valence-electron chi connectivity index (χ4n) is 5.68. The molecule has 0 unspecified atom stereocenters. The van der Waals surface area contributed by atoms with Gasteiger partial charge in [-0.15, -0.1) is 0 Å². The fourth-order valence-corrected chi connectivity index (χ4v) is 5.68. The summed E-state index contributed by atoms with van der Waals surface area (Å²) in [5.74, 6) is 3.92. The Hall–Kier alpha value is -0.570. The molecule has 0 atom stereocenters. The molecule has 3 nitrogen and oxygen atoms in total. The molecule has 19 heavy (non-hydrogen) atoms. The fraction of sp³-hybridized carbons (Fsp3) is 0.938. The topological polar surface area (TPSA) is 55.1 Å². The molecule has 5 fully saturated rings. The van der Waals surface area contributed by atoms with Crippen molar-refractivity contribution in [3.63, 3.8) is 0 Å². The zero-order valence-electron chi connectivity index (χ0n) is 11.7. The van der Waals surface area contributed by atoms with Gasteiger partial charge in [-0.25, -0.2) is 0 Å². The van der Waals surface area contributed by atoms with Crippen LogP contribution in [0.15, 0.2) is 0 Å². The smallest absolute Gasteiger partial charge is 0.224 e. The summed E-state index contributed by atoms with van der Waals surface area (Å²) in [6.07, 6.45) is 10.1. The number of nitrogens with one attached hydrogen (secondary N) is 1. The molecule has 0 radical (unpaired) electrons. The molecule has 4 bridgehead atoms. The molecule has 5 rings (SSSR count). The van der Waals surface area contributed by atoms with Gasteiger partial charge in [-0.2, -0.15) is 0 Å². The van der Waals surface area contributed by atoms with E-state index in [4.69, 9.17) is 5.73 Å². The van der Waals surface area contributed by atoms with Crippen LogP contribution in [0, 0.1) is 29.6 Å². The molecule has 1 amide bonds. The van der Waals surface area contributed by atoms with Crippen molar-refractivity contribution in [3.8, 4) is 0 Å². The standard InChI is InChI=1S/C16H26N2O/c17-9-16(2-1-3-16)18-15(19)14-12-5-10-4-11(7-12)8-13(14)6-10/h10-14H,1-9,17H2,(H,18,19). The number of nitrogens with two attached hydrogens (primary N) is 1. The van der Waals surface area contributed by atoms with Gasteiger partial charge in [0, 0.05) is 12.5 Å². The Bertz CT molecular complexity index is 355. The molecule has 0 saturated heterocycles. The Morgan fingerprint density at radius 1 is 1.05 bits per heavy atom. The van der Waals surface area contributed by atoms with Gasteiger partial charge in [-0.3, -0.25) is 4.79 Å². The van der Waals surface area contributed by atoms with Crippen molar-refractivity contribution >= 4 is 5.91 Å². The molecule has 106 valence electrons. The van der Waals surface area contributed by atoms with Crippen molar-refractivity contribution in [1.82, 2.24) is 5.32 Å². The predicted molar refractivity (Wildman–Crippen MR) is 74.3 cm³/mol. The number of hydrogen-bond donors (Lipinski definition) is 2. The summed E-state index contributed by atoms with van der Waals surface area (Å²) >= 11 is 0. The highest BCUT2D eigenvalue weighted by atomic mass is 16.2. The summed E-state index contributed by atoms with van der Waals surface area (Å²) in [4.78, 5) is 12.7. The van der Waals surface area contributed by atoms with Crippen molar-refractivity contribution in [1.29, 1.82) is 0 Å². The molecular formula is C16H26N2O. The molecule has 0 aromatic rings. The van der Waals surface area contributed by atoms with E-state index in [1.54, 1.807) is 0 Å². The van der Waals surface area contributed by atoms with Gasteiger partial charge in [0.2, 0.25) is 5.91 Å². The number of amides is 1. The minimum atomic E-state index is -0.0360. The third kappa shape index (κ3) is 1.84. The molecule has 0 heterocycles. The zero-order chi connectivity index (χ0) is 13.0. The maximum absolute atomic E-state index is 12.7. The van der Waals surface area contributed by atoms with Crippen LogP contribution in [0.3, 0.4) is 0 Å². The number of rotatable bonds is 3. The van der Waals surface area contributed by atoms with Crippen molar-refractivity contribution in [2.75, 3.05) is 6.54 Å². The van der Waals surface area contributed by atoms with Gasteiger partial charge in [0.1, 0.15) is 0 Å². The Labute approximate surface area is 115 Å². The van der Waals surface area contributed by atoms with Gasteiger partial charge >= 0.3 is 0 Å². The maximum atomic E-state index is 12.7. The number of hydrogen-bond acceptors (Lipinski definition) is 2. The highest BCUT2D eigenvalue weighted by Crippen LogP contribution is 2.56. The van der Waals surface area contributed by atoms with Crippen molar-refractivity contribution in [2.24, 2.45) is 35.3 Å². The molecule has 0 aromatic heterocycles. The van der Waals surface area contributed by atoms with Gasteiger partial charge in [0.25, 0.3) is 0 Å². The second kappa shape index (κ2) is 4.21. The third-order valence-corrected chi connectivity index (χ3v) is 6.62. The first-order valence-electron chi connectivity index (χ1n) is 8.21. The summed E-state index contributed by atoms with van der Waals surface area (Å²) in [6, 6.07) is 0. The van der Waals surface area contributed by atoms with Crippen LogP contribution in [0.1, 0.15) is 51.4 Å². The second-order valence-corrected chi connectivity index (χ2v) is 7.78. The highest BCUT2D eigenvalue weighted by molar-refractivity contribution is 5.80. The molecular weight excluding hydrogens is 236 g/mol. The monoisotopic (exact) mass is 262 g/mol. The second-order valence-electron chi connectivity index (χ2n) is 7.78. The SMILES string of the molecule is NCC1(NC(=O)C2C3CC4CC(C3)CC2C4)CCC1. The van der Waals surface area contributed by atoms with Gasteiger partial charge in [-0.1, -0.05) is 0 Å². The van der Waals surface area contributed by atoms with E-state index >= 15 is 0 Å². The van der Waals surface area contributed by atoms with E-state index in [1.165, 1.54) is 38.5 Å². The summed E-state index contributed by atoms with van der Waals surface area (Å²) in [5, 5.41) is 3.34. The zero-order valence-corrected chi connectivity index (χ0v) is 11.7.